The van der Waals surface area contributed by atoms with Crippen molar-refractivity contribution in [3.8, 4) is 5.88 Å². The summed E-state index contributed by atoms with van der Waals surface area (Å²) in [5.74, 6) is 0.461. The minimum Gasteiger partial charge on any atom is -0.481 e. The number of esters is 1. The van der Waals surface area contributed by atoms with Gasteiger partial charge in [-0.2, -0.15) is 0 Å². The molecule has 34 heavy (non-hydrogen) atoms. The van der Waals surface area contributed by atoms with E-state index in [-0.39, 0.29) is 34.8 Å². The average Bonchev–Trinajstić information content (AvgIpc) is 3.18. The monoisotopic (exact) mass is 467 g/mol. The fraction of sp³-hybridized carbons (Fsp3) is 0.571. The number of carbonyl (C=O) groups is 1. The molecule has 6 heteroatoms. The van der Waals surface area contributed by atoms with Crippen molar-refractivity contribution in [2.45, 2.75) is 78.6 Å². The lowest BCUT2D eigenvalue weighted by molar-refractivity contribution is -0.147. The fourth-order valence-electron chi connectivity index (χ4n) is 4.94. The first-order valence-corrected chi connectivity index (χ1v) is 12.2. The molecule has 0 radical (unpaired) electrons. The van der Waals surface area contributed by atoms with Gasteiger partial charge < -0.3 is 14.8 Å². The summed E-state index contributed by atoms with van der Waals surface area (Å²) >= 11 is 0. The first-order chi connectivity index (χ1) is 16.0. The van der Waals surface area contributed by atoms with Crippen LogP contribution in [0.1, 0.15) is 71.3 Å². The van der Waals surface area contributed by atoms with Gasteiger partial charge in [-0.25, -0.2) is 4.98 Å². The lowest BCUT2D eigenvalue weighted by atomic mass is 9.72. The van der Waals surface area contributed by atoms with Crippen LogP contribution < -0.4 is 15.4 Å². The number of pyridine rings is 1. The van der Waals surface area contributed by atoms with Gasteiger partial charge in [0, 0.05) is 41.2 Å². The Kier molecular flexibility index (Phi) is 8.04. The molecule has 1 aliphatic heterocycles. The summed E-state index contributed by atoms with van der Waals surface area (Å²) < 4.78 is 11.1. The van der Waals surface area contributed by atoms with Gasteiger partial charge in [0.25, 0.3) is 0 Å². The molecular weight excluding hydrogens is 426 g/mol. The SMILES string of the molecule is CCOC(=O)[C@H]1N[C@@H](c2ccccc2)[C@@H](NCc2ccc(C(C)(C)C)nc2OC)[C@@H]1C(C)(C)C. The van der Waals surface area contributed by atoms with E-state index < -0.39 is 6.04 Å². The number of methoxy groups -OCH3 is 1. The molecule has 3 rings (SSSR count). The van der Waals surface area contributed by atoms with E-state index in [4.69, 9.17) is 14.5 Å². The molecule has 0 saturated carbocycles. The van der Waals surface area contributed by atoms with Crippen molar-refractivity contribution in [1.82, 2.24) is 15.6 Å². The molecule has 2 N–H and O–H groups in total. The number of hydrogen-bond donors (Lipinski definition) is 2. The van der Waals surface area contributed by atoms with Crippen LogP contribution >= 0.6 is 0 Å². The highest BCUT2D eigenvalue weighted by Gasteiger charge is 2.51. The van der Waals surface area contributed by atoms with Gasteiger partial charge in [-0.15, -0.1) is 0 Å². The van der Waals surface area contributed by atoms with Crippen molar-refractivity contribution >= 4 is 5.97 Å². The summed E-state index contributed by atoms with van der Waals surface area (Å²) in [6.07, 6.45) is 0. The highest BCUT2D eigenvalue weighted by atomic mass is 16.5. The van der Waals surface area contributed by atoms with Crippen LogP contribution in [0.3, 0.4) is 0 Å². The Labute approximate surface area is 204 Å². The van der Waals surface area contributed by atoms with Gasteiger partial charge in [0.05, 0.1) is 13.7 Å². The number of nitrogens with zero attached hydrogens (tertiary/aromatic N) is 1. The standard InChI is InChI=1S/C28H41N3O3/c1-9-34-26(32)24-21(28(5,6)7)23(22(31-24)18-13-11-10-12-14-18)29-17-19-15-16-20(27(2,3)4)30-25(19)33-8/h10-16,21-24,29,31H,9,17H2,1-8H3/t21-,22-,23-,24-/m0/s1. The van der Waals surface area contributed by atoms with Crippen LogP contribution in [-0.2, 0) is 21.5 Å². The average molecular weight is 468 g/mol. The second kappa shape index (κ2) is 10.4. The summed E-state index contributed by atoms with van der Waals surface area (Å²) in [5.41, 5.74) is 2.94. The Morgan fingerprint density at radius 1 is 1.06 bits per heavy atom. The van der Waals surface area contributed by atoms with E-state index in [1.165, 1.54) is 0 Å². The Morgan fingerprint density at radius 2 is 1.74 bits per heavy atom. The van der Waals surface area contributed by atoms with Gasteiger partial charge in [0.1, 0.15) is 6.04 Å². The van der Waals surface area contributed by atoms with Crippen LogP contribution in [0.25, 0.3) is 0 Å². The second-order valence-electron chi connectivity index (χ2n) is 11.2. The first-order valence-electron chi connectivity index (χ1n) is 12.2. The molecule has 1 fully saturated rings. The zero-order valence-electron chi connectivity index (χ0n) is 21.9. The smallest absolute Gasteiger partial charge is 0.323 e. The van der Waals surface area contributed by atoms with Crippen molar-refractivity contribution in [3.05, 3.63) is 59.3 Å². The number of nitrogens with one attached hydrogen (secondary N) is 2. The lowest BCUT2D eigenvalue weighted by Crippen LogP contribution is -2.47. The van der Waals surface area contributed by atoms with Crippen molar-refractivity contribution in [2.24, 2.45) is 11.3 Å². The molecule has 0 bridgehead atoms. The molecule has 2 aromatic rings. The molecule has 2 heterocycles. The molecule has 6 nitrogen and oxygen atoms in total. The summed E-state index contributed by atoms with van der Waals surface area (Å²) in [4.78, 5) is 17.8. The molecule has 1 aromatic carbocycles. The van der Waals surface area contributed by atoms with Crippen LogP contribution in [0.2, 0.25) is 0 Å². The largest absolute Gasteiger partial charge is 0.481 e. The molecule has 1 aromatic heterocycles. The van der Waals surface area contributed by atoms with Gasteiger partial charge in [0.2, 0.25) is 5.88 Å². The molecule has 1 aliphatic rings. The molecule has 0 unspecified atom stereocenters. The summed E-state index contributed by atoms with van der Waals surface area (Å²) in [6.45, 7) is 15.8. The molecule has 0 spiro atoms. The fourth-order valence-corrected chi connectivity index (χ4v) is 4.94. The van der Waals surface area contributed by atoms with Crippen molar-refractivity contribution in [2.75, 3.05) is 13.7 Å². The van der Waals surface area contributed by atoms with Gasteiger partial charge >= 0.3 is 5.97 Å². The van der Waals surface area contributed by atoms with E-state index in [0.29, 0.717) is 19.0 Å². The summed E-state index contributed by atoms with van der Waals surface area (Å²) in [6, 6.07) is 14.0. The van der Waals surface area contributed by atoms with E-state index in [2.05, 4.69) is 76.4 Å². The maximum absolute atomic E-state index is 13.0. The number of benzene rings is 1. The highest BCUT2D eigenvalue weighted by Crippen LogP contribution is 2.42. The maximum Gasteiger partial charge on any atom is 0.323 e. The Morgan fingerprint density at radius 3 is 2.29 bits per heavy atom. The highest BCUT2D eigenvalue weighted by molar-refractivity contribution is 5.77. The predicted octanol–water partition coefficient (Wildman–Crippen LogP) is 4.78. The quantitative estimate of drug-likeness (QED) is 0.571. The molecule has 186 valence electrons. The maximum atomic E-state index is 13.0. The molecule has 1 saturated heterocycles. The van der Waals surface area contributed by atoms with Crippen LogP contribution in [-0.4, -0.2) is 36.8 Å². The van der Waals surface area contributed by atoms with Gasteiger partial charge in [0.15, 0.2) is 0 Å². The Balaban J connectivity index is 1.95. The van der Waals surface area contributed by atoms with Crippen LogP contribution in [0.5, 0.6) is 5.88 Å². The zero-order chi connectivity index (χ0) is 25.1. The van der Waals surface area contributed by atoms with Crippen LogP contribution in [0.4, 0.5) is 0 Å². The van der Waals surface area contributed by atoms with E-state index >= 15 is 0 Å². The lowest BCUT2D eigenvalue weighted by Gasteiger charge is -2.36. The van der Waals surface area contributed by atoms with E-state index in [0.717, 1.165) is 16.8 Å². The van der Waals surface area contributed by atoms with E-state index in [1.807, 2.05) is 25.1 Å². The number of aromatic nitrogens is 1. The number of rotatable bonds is 7. The van der Waals surface area contributed by atoms with Gasteiger partial charge in [-0.05, 0) is 24.0 Å². The molecule has 0 amide bonds. The van der Waals surface area contributed by atoms with Crippen molar-refractivity contribution in [1.29, 1.82) is 0 Å². The third-order valence-electron chi connectivity index (χ3n) is 6.59. The van der Waals surface area contributed by atoms with E-state index in [9.17, 15) is 4.79 Å². The molecular formula is C28H41N3O3. The number of ether oxygens (including phenoxy) is 2. The molecule has 4 atom stereocenters. The normalized spacial score (nSPS) is 23.1. The third kappa shape index (κ3) is 5.78. The van der Waals surface area contributed by atoms with Crippen molar-refractivity contribution in [3.63, 3.8) is 0 Å². The zero-order valence-corrected chi connectivity index (χ0v) is 21.9. The summed E-state index contributed by atoms with van der Waals surface area (Å²) in [5, 5.41) is 7.38. The third-order valence-corrected chi connectivity index (χ3v) is 6.59. The number of carbonyl (C=O) groups excluding carboxylic acids is 1. The molecule has 0 aliphatic carbocycles. The Bertz CT molecular complexity index is 963. The second-order valence-corrected chi connectivity index (χ2v) is 11.2. The van der Waals surface area contributed by atoms with Gasteiger partial charge in [-0.3, -0.25) is 10.1 Å². The topological polar surface area (TPSA) is 72.5 Å². The van der Waals surface area contributed by atoms with Crippen LogP contribution in [0.15, 0.2) is 42.5 Å². The number of hydrogen-bond acceptors (Lipinski definition) is 6. The minimum absolute atomic E-state index is 0.00352. The van der Waals surface area contributed by atoms with E-state index in [1.54, 1.807) is 7.11 Å². The minimum atomic E-state index is -0.397. The van der Waals surface area contributed by atoms with Gasteiger partial charge in [-0.1, -0.05) is 77.9 Å². The predicted molar refractivity (Wildman–Crippen MR) is 136 cm³/mol. The van der Waals surface area contributed by atoms with Crippen molar-refractivity contribution < 1.29 is 14.3 Å². The van der Waals surface area contributed by atoms with Crippen LogP contribution in [0, 0.1) is 11.3 Å². The summed E-state index contributed by atoms with van der Waals surface area (Å²) in [7, 11) is 1.66. The Hall–Kier alpha value is -2.44. The first kappa shape index (κ1) is 26.2.